The number of hydrogen-bond acceptors (Lipinski definition) is 2. The minimum Gasteiger partial charge on any atom is -0.377 e. The van der Waals surface area contributed by atoms with Crippen LogP contribution in [0.25, 0.3) is 0 Å². The third-order valence-corrected chi connectivity index (χ3v) is 3.97. The number of unbranched alkanes of at least 4 members (excludes halogenated alkanes) is 1. The van der Waals surface area contributed by atoms with E-state index in [4.69, 9.17) is 4.74 Å². The van der Waals surface area contributed by atoms with Crippen LogP contribution < -0.4 is 5.32 Å². The standard InChI is InChI=1S/C17H27NO/c1-3-4-6-15-8-10-16(11-9-15)14(2)18-13-17-7-5-12-19-17/h8-11,14,17-18H,3-7,12-13H2,1-2H3. The smallest absolute Gasteiger partial charge is 0.0700 e. The van der Waals surface area contributed by atoms with Gasteiger partial charge < -0.3 is 10.1 Å². The Bertz CT molecular complexity index is 354. The van der Waals surface area contributed by atoms with Crippen LogP contribution >= 0.6 is 0 Å². The van der Waals surface area contributed by atoms with Crippen LogP contribution in [0.1, 0.15) is 56.7 Å². The monoisotopic (exact) mass is 261 g/mol. The van der Waals surface area contributed by atoms with Crippen LogP contribution in [0.15, 0.2) is 24.3 Å². The number of hydrogen-bond donors (Lipinski definition) is 1. The first-order valence-corrected chi connectivity index (χ1v) is 7.73. The normalized spacial score (nSPS) is 20.6. The van der Waals surface area contributed by atoms with Crippen molar-refractivity contribution in [2.24, 2.45) is 0 Å². The van der Waals surface area contributed by atoms with Gasteiger partial charge in [-0.15, -0.1) is 0 Å². The Hall–Kier alpha value is -0.860. The Balaban J connectivity index is 1.79. The summed E-state index contributed by atoms with van der Waals surface area (Å²) in [5.74, 6) is 0. The maximum absolute atomic E-state index is 5.64. The van der Waals surface area contributed by atoms with Crippen LogP contribution in [-0.4, -0.2) is 19.3 Å². The van der Waals surface area contributed by atoms with Crippen LogP contribution in [0, 0.1) is 0 Å². The summed E-state index contributed by atoms with van der Waals surface area (Å²) in [4.78, 5) is 0. The van der Waals surface area contributed by atoms with Crippen LogP contribution in [0.5, 0.6) is 0 Å². The van der Waals surface area contributed by atoms with E-state index in [-0.39, 0.29) is 0 Å². The Morgan fingerprint density at radius 3 is 2.74 bits per heavy atom. The fourth-order valence-electron chi connectivity index (χ4n) is 2.59. The minimum absolute atomic E-state index is 0.407. The highest BCUT2D eigenvalue weighted by molar-refractivity contribution is 5.24. The maximum atomic E-state index is 5.64. The van der Waals surface area contributed by atoms with Gasteiger partial charge in [0, 0.05) is 19.2 Å². The van der Waals surface area contributed by atoms with Crippen molar-refractivity contribution in [1.29, 1.82) is 0 Å². The van der Waals surface area contributed by atoms with E-state index in [0.29, 0.717) is 12.1 Å². The molecule has 0 aliphatic carbocycles. The Kier molecular flexibility index (Phi) is 5.87. The van der Waals surface area contributed by atoms with Crippen molar-refractivity contribution in [3.05, 3.63) is 35.4 Å². The largest absolute Gasteiger partial charge is 0.377 e. The van der Waals surface area contributed by atoms with Gasteiger partial charge in [-0.2, -0.15) is 0 Å². The van der Waals surface area contributed by atoms with Crippen molar-refractivity contribution in [3.63, 3.8) is 0 Å². The second-order valence-corrected chi connectivity index (χ2v) is 5.61. The third-order valence-electron chi connectivity index (χ3n) is 3.97. The summed E-state index contributed by atoms with van der Waals surface area (Å²) in [5.41, 5.74) is 2.83. The Labute approximate surface area is 117 Å². The van der Waals surface area contributed by atoms with Crippen molar-refractivity contribution in [3.8, 4) is 0 Å². The zero-order chi connectivity index (χ0) is 13.5. The second kappa shape index (κ2) is 7.66. The first-order chi connectivity index (χ1) is 9.29. The lowest BCUT2D eigenvalue weighted by atomic mass is 10.0. The SMILES string of the molecule is CCCCc1ccc(C(C)NCC2CCCO2)cc1. The number of nitrogens with one attached hydrogen (secondary N) is 1. The number of ether oxygens (including phenoxy) is 1. The molecule has 1 saturated heterocycles. The van der Waals surface area contributed by atoms with Gasteiger partial charge in [0.2, 0.25) is 0 Å². The molecule has 2 rings (SSSR count). The van der Waals surface area contributed by atoms with E-state index in [1.165, 1.54) is 43.2 Å². The molecule has 1 fully saturated rings. The van der Waals surface area contributed by atoms with Gasteiger partial charge in [-0.05, 0) is 43.7 Å². The molecule has 0 saturated carbocycles. The molecule has 1 aromatic carbocycles. The van der Waals surface area contributed by atoms with Crippen molar-refractivity contribution < 1.29 is 4.74 Å². The molecule has 2 unspecified atom stereocenters. The first-order valence-electron chi connectivity index (χ1n) is 7.73. The van der Waals surface area contributed by atoms with Crippen LogP contribution in [0.4, 0.5) is 0 Å². The van der Waals surface area contributed by atoms with E-state index in [1.54, 1.807) is 0 Å². The average molecular weight is 261 g/mol. The van der Waals surface area contributed by atoms with Gasteiger partial charge in [-0.3, -0.25) is 0 Å². The van der Waals surface area contributed by atoms with E-state index in [1.807, 2.05) is 0 Å². The van der Waals surface area contributed by atoms with E-state index in [2.05, 4.69) is 43.4 Å². The Morgan fingerprint density at radius 1 is 1.32 bits per heavy atom. The van der Waals surface area contributed by atoms with Gasteiger partial charge in [-0.25, -0.2) is 0 Å². The fraction of sp³-hybridized carbons (Fsp3) is 0.647. The van der Waals surface area contributed by atoms with Crippen LogP contribution in [0.3, 0.4) is 0 Å². The summed E-state index contributed by atoms with van der Waals surface area (Å²) in [6.45, 7) is 6.38. The molecule has 1 aliphatic rings. The van der Waals surface area contributed by atoms with Gasteiger partial charge in [0.1, 0.15) is 0 Å². The zero-order valence-corrected chi connectivity index (χ0v) is 12.3. The molecule has 2 atom stereocenters. The van der Waals surface area contributed by atoms with E-state index in [9.17, 15) is 0 Å². The molecule has 1 heterocycles. The second-order valence-electron chi connectivity index (χ2n) is 5.61. The van der Waals surface area contributed by atoms with E-state index < -0.39 is 0 Å². The molecule has 1 aliphatic heterocycles. The van der Waals surface area contributed by atoms with Crippen molar-refractivity contribution >= 4 is 0 Å². The molecule has 19 heavy (non-hydrogen) atoms. The molecular weight excluding hydrogens is 234 g/mol. The lowest BCUT2D eigenvalue weighted by molar-refractivity contribution is 0.108. The Morgan fingerprint density at radius 2 is 2.11 bits per heavy atom. The highest BCUT2D eigenvalue weighted by atomic mass is 16.5. The van der Waals surface area contributed by atoms with Crippen LogP contribution in [0.2, 0.25) is 0 Å². The molecule has 1 aromatic rings. The quantitative estimate of drug-likeness (QED) is 0.804. The van der Waals surface area contributed by atoms with Gasteiger partial charge in [0.15, 0.2) is 0 Å². The number of benzene rings is 1. The highest BCUT2D eigenvalue weighted by Gasteiger charge is 2.16. The molecule has 106 valence electrons. The van der Waals surface area contributed by atoms with Crippen molar-refractivity contribution in [2.75, 3.05) is 13.2 Å². The molecule has 0 aromatic heterocycles. The fourth-order valence-corrected chi connectivity index (χ4v) is 2.59. The molecule has 0 bridgehead atoms. The predicted octanol–water partition coefficient (Wildman–Crippen LogP) is 3.86. The molecular formula is C17H27NO. The number of rotatable bonds is 7. The highest BCUT2D eigenvalue weighted by Crippen LogP contribution is 2.16. The molecule has 0 spiro atoms. The van der Waals surface area contributed by atoms with E-state index in [0.717, 1.165) is 13.2 Å². The lowest BCUT2D eigenvalue weighted by Crippen LogP contribution is -2.28. The van der Waals surface area contributed by atoms with E-state index >= 15 is 0 Å². The molecule has 2 nitrogen and oxygen atoms in total. The molecule has 0 radical (unpaired) electrons. The minimum atomic E-state index is 0.407. The first kappa shape index (κ1) is 14.5. The van der Waals surface area contributed by atoms with Crippen molar-refractivity contribution in [2.45, 2.75) is 58.1 Å². The van der Waals surface area contributed by atoms with Crippen LogP contribution in [-0.2, 0) is 11.2 Å². The summed E-state index contributed by atoms with van der Waals surface area (Å²) in [5, 5.41) is 3.58. The van der Waals surface area contributed by atoms with Gasteiger partial charge in [0.05, 0.1) is 6.10 Å². The van der Waals surface area contributed by atoms with Gasteiger partial charge >= 0.3 is 0 Å². The predicted molar refractivity (Wildman–Crippen MR) is 80.4 cm³/mol. The summed E-state index contributed by atoms with van der Waals surface area (Å²) < 4.78 is 5.64. The van der Waals surface area contributed by atoms with Gasteiger partial charge in [0.25, 0.3) is 0 Å². The van der Waals surface area contributed by atoms with Gasteiger partial charge in [-0.1, -0.05) is 37.6 Å². The third kappa shape index (κ3) is 4.63. The maximum Gasteiger partial charge on any atom is 0.0700 e. The van der Waals surface area contributed by atoms with Crippen molar-refractivity contribution in [1.82, 2.24) is 5.32 Å². The summed E-state index contributed by atoms with van der Waals surface area (Å²) in [6.07, 6.45) is 6.59. The topological polar surface area (TPSA) is 21.3 Å². The summed E-state index contributed by atoms with van der Waals surface area (Å²) in [6, 6.07) is 9.48. The molecule has 0 amide bonds. The average Bonchev–Trinajstić information content (AvgIpc) is 2.96. The lowest BCUT2D eigenvalue weighted by Gasteiger charge is -2.17. The molecule has 2 heteroatoms. The summed E-state index contributed by atoms with van der Waals surface area (Å²) in [7, 11) is 0. The zero-order valence-electron chi connectivity index (χ0n) is 12.3. The number of aryl methyl sites for hydroxylation is 1. The summed E-state index contributed by atoms with van der Waals surface area (Å²) >= 11 is 0. The molecule has 1 N–H and O–H groups in total.